The number of ether oxygens (including phenoxy) is 1. The van der Waals surface area contributed by atoms with Crippen molar-refractivity contribution in [2.45, 2.75) is 38.1 Å². The van der Waals surface area contributed by atoms with Crippen LogP contribution in [0.3, 0.4) is 0 Å². The molecule has 5 nitrogen and oxygen atoms in total. The lowest BCUT2D eigenvalue weighted by Gasteiger charge is -2.08. The van der Waals surface area contributed by atoms with Gasteiger partial charge < -0.3 is 4.74 Å². The largest absolute Gasteiger partial charge is 0.523 e. The maximum Gasteiger partial charge on any atom is 0.523 e. The van der Waals surface area contributed by atoms with Gasteiger partial charge in [0.2, 0.25) is 0 Å². The predicted molar refractivity (Wildman–Crippen MR) is 56.0 cm³/mol. The van der Waals surface area contributed by atoms with E-state index in [1.165, 1.54) is 0 Å². The van der Waals surface area contributed by atoms with E-state index in [-0.39, 0.29) is 6.61 Å². The molecule has 0 amide bonds. The molecular weight excluding hydrogens is 277 g/mol. The van der Waals surface area contributed by atoms with Crippen LogP contribution in [0.2, 0.25) is 0 Å². The summed E-state index contributed by atoms with van der Waals surface area (Å²) in [7, 11) is -5.73. The zero-order valence-corrected chi connectivity index (χ0v) is 10.6. The molecule has 0 aliphatic carbocycles. The number of carbonyl (C=O) groups excluding carboxylic acids is 1. The van der Waals surface area contributed by atoms with Gasteiger partial charge in [0.05, 0.1) is 6.61 Å². The maximum absolute atomic E-state index is 11.8. The maximum atomic E-state index is 11.8. The molecule has 0 radical (unpaired) electrons. The first-order valence-corrected chi connectivity index (χ1v) is 6.73. The lowest BCUT2D eigenvalue weighted by atomic mass is 10.2. The molecule has 0 unspecified atom stereocenters. The molecule has 108 valence electrons. The highest BCUT2D eigenvalue weighted by Gasteiger charge is 2.47. The molecule has 0 rings (SSSR count). The Kier molecular flexibility index (Phi) is 7.22. The van der Waals surface area contributed by atoms with Crippen LogP contribution in [0.25, 0.3) is 0 Å². The van der Waals surface area contributed by atoms with Crippen LogP contribution in [0.5, 0.6) is 0 Å². The van der Waals surface area contributed by atoms with Crippen molar-refractivity contribution < 1.29 is 35.3 Å². The molecule has 0 aromatic carbocycles. The van der Waals surface area contributed by atoms with Crippen LogP contribution in [0.1, 0.15) is 32.6 Å². The van der Waals surface area contributed by atoms with E-state index in [1.54, 1.807) is 0 Å². The Hall–Kier alpha value is -0.830. The lowest BCUT2D eigenvalue weighted by Crippen LogP contribution is -2.28. The number of hydrogen-bond acceptors (Lipinski definition) is 5. The van der Waals surface area contributed by atoms with Crippen LogP contribution < -0.4 is 0 Å². The van der Waals surface area contributed by atoms with Gasteiger partial charge in [0.15, 0.2) is 6.61 Å². The minimum absolute atomic E-state index is 0.0360. The number of rotatable bonds is 8. The summed E-state index contributed by atoms with van der Waals surface area (Å²) in [5.74, 6) is -1.14. The monoisotopic (exact) mass is 292 g/mol. The van der Waals surface area contributed by atoms with E-state index >= 15 is 0 Å². The molecule has 0 aliphatic heterocycles. The first kappa shape index (κ1) is 17.2. The van der Waals surface area contributed by atoms with E-state index < -0.39 is 28.2 Å². The third-order valence-corrected chi connectivity index (χ3v) is 2.87. The van der Waals surface area contributed by atoms with Crippen LogP contribution >= 0.6 is 0 Å². The van der Waals surface area contributed by atoms with Gasteiger partial charge in [-0.05, 0) is 6.42 Å². The van der Waals surface area contributed by atoms with Gasteiger partial charge in [-0.2, -0.15) is 21.6 Å². The summed E-state index contributed by atoms with van der Waals surface area (Å²) in [5, 5.41) is 0. The Morgan fingerprint density at radius 1 is 1.17 bits per heavy atom. The molecule has 0 aromatic rings. The highest BCUT2D eigenvalue weighted by molar-refractivity contribution is 7.87. The van der Waals surface area contributed by atoms with E-state index in [0.717, 1.165) is 19.3 Å². The van der Waals surface area contributed by atoms with E-state index in [9.17, 15) is 26.4 Å². The van der Waals surface area contributed by atoms with Gasteiger partial charge in [0.25, 0.3) is 0 Å². The van der Waals surface area contributed by atoms with E-state index in [1.807, 2.05) is 6.92 Å². The smallest absolute Gasteiger partial charge is 0.464 e. The summed E-state index contributed by atoms with van der Waals surface area (Å²) in [6.45, 7) is 0.756. The van der Waals surface area contributed by atoms with Crippen molar-refractivity contribution in [1.29, 1.82) is 0 Å². The fourth-order valence-corrected chi connectivity index (χ4v) is 1.33. The van der Waals surface area contributed by atoms with Crippen LogP contribution in [0.4, 0.5) is 13.2 Å². The molecule has 0 N–H and O–H groups in total. The molecule has 0 saturated carbocycles. The van der Waals surface area contributed by atoms with Crippen molar-refractivity contribution in [3.8, 4) is 0 Å². The predicted octanol–water partition coefficient (Wildman–Crippen LogP) is 1.98. The summed E-state index contributed by atoms with van der Waals surface area (Å²) in [6.07, 6.45) is 3.34. The first-order chi connectivity index (χ1) is 8.20. The van der Waals surface area contributed by atoms with Crippen molar-refractivity contribution in [2.24, 2.45) is 0 Å². The average Bonchev–Trinajstić information content (AvgIpc) is 2.24. The topological polar surface area (TPSA) is 69.7 Å². The minimum Gasteiger partial charge on any atom is -0.464 e. The van der Waals surface area contributed by atoms with Crippen molar-refractivity contribution in [1.82, 2.24) is 0 Å². The van der Waals surface area contributed by atoms with Gasteiger partial charge in [-0.3, -0.25) is 4.18 Å². The first-order valence-electron chi connectivity index (χ1n) is 5.32. The third-order valence-electron chi connectivity index (χ3n) is 1.88. The second-order valence-corrected chi connectivity index (χ2v) is 5.05. The molecule has 0 bridgehead atoms. The lowest BCUT2D eigenvalue weighted by molar-refractivity contribution is -0.146. The fourth-order valence-electron chi connectivity index (χ4n) is 0.949. The van der Waals surface area contributed by atoms with E-state index in [0.29, 0.717) is 6.42 Å². The summed E-state index contributed by atoms with van der Waals surface area (Å²) in [4.78, 5) is 10.9. The second kappa shape index (κ2) is 7.57. The zero-order chi connectivity index (χ0) is 14.2. The quantitative estimate of drug-likeness (QED) is 0.296. The molecular formula is C9H15F3O5S. The van der Waals surface area contributed by atoms with Gasteiger partial charge in [0.1, 0.15) is 0 Å². The van der Waals surface area contributed by atoms with Crippen molar-refractivity contribution in [3.63, 3.8) is 0 Å². The minimum atomic E-state index is -5.73. The third kappa shape index (κ3) is 6.80. The number of halogens is 3. The molecule has 0 fully saturated rings. The summed E-state index contributed by atoms with van der Waals surface area (Å²) in [5.41, 5.74) is -5.53. The van der Waals surface area contributed by atoms with E-state index in [4.69, 9.17) is 0 Å². The Morgan fingerprint density at radius 3 is 2.28 bits per heavy atom. The molecule has 0 saturated heterocycles. The standard InChI is InChI=1S/C9H15F3O5S/c1-2-3-4-5-6-16-8(13)7-17-18(14,15)9(10,11)12/h2-7H2,1H3. The summed E-state index contributed by atoms with van der Waals surface area (Å²) >= 11 is 0. The van der Waals surface area contributed by atoms with Crippen LogP contribution in [0, 0.1) is 0 Å². The molecule has 0 aliphatic rings. The van der Waals surface area contributed by atoms with Gasteiger partial charge >= 0.3 is 21.6 Å². The fraction of sp³-hybridized carbons (Fsp3) is 0.889. The van der Waals surface area contributed by atoms with Crippen LogP contribution in [-0.4, -0.2) is 33.1 Å². The Morgan fingerprint density at radius 2 is 1.78 bits per heavy atom. The molecule has 9 heteroatoms. The number of alkyl halides is 3. The summed E-state index contributed by atoms with van der Waals surface area (Å²) < 4.78 is 64.3. The number of carbonyl (C=O) groups is 1. The Bertz CT molecular complexity index is 350. The van der Waals surface area contributed by atoms with Gasteiger partial charge in [-0.15, -0.1) is 0 Å². The Balaban J connectivity index is 3.85. The highest BCUT2D eigenvalue weighted by Crippen LogP contribution is 2.24. The molecule has 0 spiro atoms. The number of esters is 1. The SMILES string of the molecule is CCCCCCOC(=O)COS(=O)(=O)C(F)(F)F. The second-order valence-electron chi connectivity index (χ2n) is 3.44. The number of hydrogen-bond donors (Lipinski definition) is 0. The molecule has 0 aromatic heterocycles. The molecule has 0 atom stereocenters. The molecule has 0 heterocycles. The van der Waals surface area contributed by atoms with Crippen molar-refractivity contribution >= 4 is 16.1 Å². The zero-order valence-electron chi connectivity index (χ0n) is 9.83. The van der Waals surface area contributed by atoms with Crippen molar-refractivity contribution in [2.75, 3.05) is 13.2 Å². The summed E-state index contributed by atoms with van der Waals surface area (Å²) in [6, 6.07) is 0. The van der Waals surface area contributed by atoms with E-state index in [2.05, 4.69) is 8.92 Å². The van der Waals surface area contributed by atoms with Crippen LogP contribution in [-0.2, 0) is 23.8 Å². The van der Waals surface area contributed by atoms with Gasteiger partial charge in [-0.1, -0.05) is 26.2 Å². The average molecular weight is 292 g/mol. The Labute approximate surface area is 103 Å². The van der Waals surface area contributed by atoms with Gasteiger partial charge in [-0.25, -0.2) is 4.79 Å². The molecule has 18 heavy (non-hydrogen) atoms. The highest BCUT2D eigenvalue weighted by atomic mass is 32.2. The normalized spacial score (nSPS) is 12.4. The van der Waals surface area contributed by atoms with Crippen molar-refractivity contribution in [3.05, 3.63) is 0 Å². The van der Waals surface area contributed by atoms with Crippen LogP contribution in [0.15, 0.2) is 0 Å². The number of unbranched alkanes of at least 4 members (excludes halogenated alkanes) is 3. The van der Waals surface area contributed by atoms with Gasteiger partial charge in [0, 0.05) is 0 Å².